The molecule has 0 aliphatic carbocycles. The smallest absolute Gasteiger partial charge is 0.505 e. The first-order chi connectivity index (χ1) is 6.29. The molecule has 4 nitrogen and oxygen atoms in total. The summed E-state index contributed by atoms with van der Waals surface area (Å²) in [5, 5.41) is 17.1. The van der Waals surface area contributed by atoms with Crippen molar-refractivity contribution in [3.8, 4) is 17.4 Å². The van der Waals surface area contributed by atoms with Crippen molar-refractivity contribution in [1.29, 1.82) is 0 Å². The number of rotatable bonds is 1. The van der Waals surface area contributed by atoms with Gasteiger partial charge < -0.3 is 14.9 Å². The predicted octanol–water partition coefficient (Wildman–Crippen LogP) is 2.04. The summed E-state index contributed by atoms with van der Waals surface area (Å²) in [6, 6.07) is 0.594. The first kappa shape index (κ1) is 10.7. The number of ether oxygens (including phenoxy) is 1. The Kier molecular flexibility index (Phi) is 2.61. The van der Waals surface area contributed by atoms with Gasteiger partial charge in [-0.05, 0) is 0 Å². The highest BCUT2D eigenvalue weighted by atomic mass is 35.5. The fourth-order valence-electron chi connectivity index (χ4n) is 0.639. The van der Waals surface area contributed by atoms with Gasteiger partial charge in [0.15, 0.2) is 16.7 Å². The van der Waals surface area contributed by atoms with E-state index in [4.69, 9.17) is 21.8 Å². The van der Waals surface area contributed by atoms with E-state index in [0.29, 0.717) is 6.07 Å². The molecule has 1 aromatic heterocycles. The molecular formula is C6H3ClF3NO3. The van der Waals surface area contributed by atoms with Crippen molar-refractivity contribution < 1.29 is 28.1 Å². The monoisotopic (exact) mass is 229 g/mol. The van der Waals surface area contributed by atoms with Crippen LogP contribution in [-0.4, -0.2) is 21.6 Å². The summed E-state index contributed by atoms with van der Waals surface area (Å²) in [6.45, 7) is 0. The second kappa shape index (κ2) is 3.41. The molecule has 0 aliphatic rings. The first-order valence-corrected chi connectivity index (χ1v) is 3.51. The van der Waals surface area contributed by atoms with Crippen LogP contribution in [0.4, 0.5) is 13.2 Å². The molecule has 0 radical (unpaired) electrons. The molecule has 0 bridgehead atoms. The van der Waals surface area contributed by atoms with E-state index < -0.39 is 28.9 Å². The Balaban J connectivity index is 3.04. The zero-order valence-electron chi connectivity index (χ0n) is 6.34. The van der Waals surface area contributed by atoms with Gasteiger partial charge in [0.25, 0.3) is 5.88 Å². The van der Waals surface area contributed by atoms with E-state index >= 15 is 0 Å². The van der Waals surface area contributed by atoms with Crippen LogP contribution in [0.25, 0.3) is 0 Å². The van der Waals surface area contributed by atoms with Crippen LogP contribution in [0.1, 0.15) is 0 Å². The normalized spacial score (nSPS) is 11.4. The van der Waals surface area contributed by atoms with Crippen LogP contribution in [0.3, 0.4) is 0 Å². The lowest BCUT2D eigenvalue weighted by molar-refractivity contribution is -0.276. The van der Waals surface area contributed by atoms with E-state index in [9.17, 15) is 13.2 Å². The molecule has 2 N–H and O–H groups in total. The fourth-order valence-corrected chi connectivity index (χ4v) is 0.771. The number of hydrogen-bond donors (Lipinski definition) is 2. The predicted molar refractivity (Wildman–Crippen MR) is 39.3 cm³/mol. The molecule has 0 unspecified atom stereocenters. The third-order valence-corrected chi connectivity index (χ3v) is 1.39. The molecule has 78 valence electrons. The van der Waals surface area contributed by atoms with E-state index in [-0.39, 0.29) is 0 Å². The van der Waals surface area contributed by atoms with Gasteiger partial charge in [-0.25, -0.2) is 0 Å². The summed E-state index contributed by atoms with van der Waals surface area (Å²) >= 11 is 5.20. The maximum Gasteiger partial charge on any atom is 0.574 e. The Morgan fingerprint density at radius 3 is 2.36 bits per heavy atom. The highest BCUT2D eigenvalue weighted by Crippen LogP contribution is 2.35. The summed E-state index contributed by atoms with van der Waals surface area (Å²) < 4.78 is 38.3. The summed E-state index contributed by atoms with van der Waals surface area (Å²) in [5.74, 6) is -2.71. The minimum absolute atomic E-state index is 0.594. The number of aromatic nitrogens is 1. The van der Waals surface area contributed by atoms with Crippen LogP contribution < -0.4 is 4.74 Å². The van der Waals surface area contributed by atoms with Gasteiger partial charge in [-0.1, -0.05) is 11.6 Å². The first-order valence-electron chi connectivity index (χ1n) is 3.14. The molecule has 0 saturated heterocycles. The number of alkyl halides is 3. The van der Waals surface area contributed by atoms with Crippen molar-refractivity contribution in [2.45, 2.75) is 6.36 Å². The minimum atomic E-state index is -4.98. The second-order valence-electron chi connectivity index (χ2n) is 2.17. The highest BCUT2D eigenvalue weighted by Gasteiger charge is 2.33. The van der Waals surface area contributed by atoms with Gasteiger partial charge in [-0.3, -0.25) is 0 Å². The van der Waals surface area contributed by atoms with Gasteiger partial charge in [0.05, 0.1) is 0 Å². The Morgan fingerprint density at radius 1 is 1.29 bits per heavy atom. The van der Waals surface area contributed by atoms with Gasteiger partial charge in [0.2, 0.25) is 0 Å². The van der Waals surface area contributed by atoms with E-state index in [1.54, 1.807) is 0 Å². The lowest BCUT2D eigenvalue weighted by atomic mass is 10.4. The Morgan fingerprint density at radius 2 is 1.86 bits per heavy atom. The third-order valence-electron chi connectivity index (χ3n) is 1.12. The summed E-state index contributed by atoms with van der Waals surface area (Å²) in [6.07, 6.45) is -4.98. The molecule has 0 spiro atoms. The molecule has 0 saturated carbocycles. The van der Waals surface area contributed by atoms with Gasteiger partial charge in [0.1, 0.15) is 0 Å². The Hall–Kier alpha value is -1.37. The number of pyridine rings is 1. The standard InChI is InChI=1S/C6H3ClF3NO3/c7-4-2(12)1-3(13)5(11-4)14-6(8,9)10/h1,12-13H. The van der Waals surface area contributed by atoms with Gasteiger partial charge in [-0.2, -0.15) is 4.98 Å². The zero-order chi connectivity index (χ0) is 10.9. The van der Waals surface area contributed by atoms with E-state index in [0.717, 1.165) is 0 Å². The van der Waals surface area contributed by atoms with E-state index in [2.05, 4.69) is 9.72 Å². The average Bonchev–Trinajstić information content (AvgIpc) is 1.97. The van der Waals surface area contributed by atoms with Crippen molar-refractivity contribution in [2.75, 3.05) is 0 Å². The molecule has 0 aromatic carbocycles. The molecule has 14 heavy (non-hydrogen) atoms. The molecule has 0 aliphatic heterocycles. The molecule has 0 amide bonds. The van der Waals surface area contributed by atoms with Gasteiger partial charge in [-0.15, -0.1) is 13.2 Å². The number of aromatic hydroxyl groups is 2. The average molecular weight is 230 g/mol. The quantitative estimate of drug-likeness (QED) is 0.724. The van der Waals surface area contributed by atoms with Crippen LogP contribution in [0, 0.1) is 0 Å². The molecule has 1 rings (SSSR count). The summed E-state index contributed by atoms with van der Waals surface area (Å²) in [5.41, 5.74) is 0. The lowest BCUT2D eigenvalue weighted by Gasteiger charge is -2.09. The number of hydrogen-bond acceptors (Lipinski definition) is 4. The summed E-state index contributed by atoms with van der Waals surface area (Å²) in [4.78, 5) is 2.98. The van der Waals surface area contributed by atoms with Crippen LogP contribution in [0.15, 0.2) is 6.07 Å². The number of nitrogens with zero attached hydrogens (tertiary/aromatic N) is 1. The van der Waals surface area contributed by atoms with Crippen molar-refractivity contribution in [3.63, 3.8) is 0 Å². The zero-order valence-corrected chi connectivity index (χ0v) is 7.10. The van der Waals surface area contributed by atoms with Crippen LogP contribution in [0.5, 0.6) is 17.4 Å². The van der Waals surface area contributed by atoms with Gasteiger partial charge >= 0.3 is 6.36 Å². The third kappa shape index (κ3) is 2.56. The minimum Gasteiger partial charge on any atom is -0.505 e. The van der Waals surface area contributed by atoms with E-state index in [1.165, 1.54) is 0 Å². The molecule has 1 heterocycles. The van der Waals surface area contributed by atoms with Crippen LogP contribution in [0.2, 0.25) is 5.15 Å². The number of halogens is 4. The molecule has 0 fully saturated rings. The van der Waals surface area contributed by atoms with Crippen molar-refractivity contribution in [2.24, 2.45) is 0 Å². The SMILES string of the molecule is Oc1cc(O)c(OC(F)(F)F)nc1Cl. The van der Waals surface area contributed by atoms with Crippen molar-refractivity contribution in [3.05, 3.63) is 11.2 Å². The van der Waals surface area contributed by atoms with Crippen molar-refractivity contribution in [1.82, 2.24) is 4.98 Å². The second-order valence-corrected chi connectivity index (χ2v) is 2.53. The van der Waals surface area contributed by atoms with E-state index in [1.807, 2.05) is 0 Å². The largest absolute Gasteiger partial charge is 0.574 e. The Labute approximate surface area is 80.5 Å². The molecular weight excluding hydrogens is 227 g/mol. The fraction of sp³-hybridized carbons (Fsp3) is 0.167. The van der Waals surface area contributed by atoms with Crippen LogP contribution >= 0.6 is 11.6 Å². The topological polar surface area (TPSA) is 62.6 Å². The lowest BCUT2D eigenvalue weighted by Crippen LogP contribution is -2.18. The Bertz CT molecular complexity index is 355. The van der Waals surface area contributed by atoms with Gasteiger partial charge in [0, 0.05) is 6.07 Å². The maximum atomic E-state index is 11.7. The summed E-state index contributed by atoms with van der Waals surface area (Å²) in [7, 11) is 0. The van der Waals surface area contributed by atoms with Crippen molar-refractivity contribution >= 4 is 11.6 Å². The maximum absolute atomic E-state index is 11.7. The molecule has 0 atom stereocenters. The molecule has 1 aromatic rings. The molecule has 8 heteroatoms. The van der Waals surface area contributed by atoms with Crippen LogP contribution in [-0.2, 0) is 0 Å². The highest BCUT2D eigenvalue weighted by molar-refractivity contribution is 6.30.